The van der Waals surface area contributed by atoms with Crippen molar-refractivity contribution in [3.63, 3.8) is 0 Å². The summed E-state index contributed by atoms with van der Waals surface area (Å²) in [6.45, 7) is 2.16. The quantitative estimate of drug-likeness (QED) is 0.226. The lowest BCUT2D eigenvalue weighted by Crippen LogP contribution is -2.29. The summed E-state index contributed by atoms with van der Waals surface area (Å²) in [7, 11) is 1.34. The van der Waals surface area contributed by atoms with E-state index in [1.807, 2.05) is 6.92 Å². The van der Waals surface area contributed by atoms with Crippen molar-refractivity contribution in [3.05, 3.63) is 95.1 Å². The van der Waals surface area contributed by atoms with Gasteiger partial charge >= 0.3 is 5.97 Å². The predicted octanol–water partition coefficient (Wildman–Crippen LogP) is 4.42. The number of hydrogen-bond donors (Lipinski definition) is 1. The van der Waals surface area contributed by atoms with Crippen LogP contribution in [-0.2, 0) is 14.3 Å². The van der Waals surface area contributed by atoms with E-state index in [4.69, 9.17) is 9.47 Å². The highest BCUT2D eigenvalue weighted by Gasteiger charge is 2.48. The molecule has 1 saturated heterocycles. The first-order chi connectivity index (χ1) is 17.4. The molecular weight excluding hydrogens is 467 g/mol. The van der Waals surface area contributed by atoms with E-state index in [0.29, 0.717) is 17.8 Å². The molecule has 1 aliphatic rings. The largest absolute Gasteiger partial charge is 0.507 e. The predicted molar refractivity (Wildman–Crippen MR) is 129 cm³/mol. The molecule has 1 atom stereocenters. The topological polar surface area (TPSA) is 106 Å². The van der Waals surface area contributed by atoms with Crippen LogP contribution in [0.5, 0.6) is 5.75 Å². The number of nitrogens with zero attached hydrogens (tertiary/aromatic N) is 2. The van der Waals surface area contributed by atoms with E-state index in [1.165, 1.54) is 48.5 Å². The van der Waals surface area contributed by atoms with E-state index in [2.05, 4.69) is 4.98 Å². The number of carbonyl (C=O) groups excluding carboxylic acids is 3. The molecule has 0 radical (unpaired) electrons. The molecule has 184 valence electrons. The maximum absolute atomic E-state index is 14.0. The van der Waals surface area contributed by atoms with Gasteiger partial charge in [-0.05, 0) is 61.0 Å². The van der Waals surface area contributed by atoms with Crippen LogP contribution in [0.1, 0.15) is 41.0 Å². The number of benzene rings is 2. The van der Waals surface area contributed by atoms with Crippen molar-refractivity contribution in [2.45, 2.75) is 19.4 Å². The maximum atomic E-state index is 14.0. The molecule has 0 aliphatic carbocycles. The van der Waals surface area contributed by atoms with E-state index in [1.54, 1.807) is 18.2 Å². The number of methoxy groups -OCH3 is 1. The molecule has 1 aromatic heterocycles. The smallest absolute Gasteiger partial charge is 0.338 e. The maximum Gasteiger partial charge on any atom is 0.338 e. The Morgan fingerprint density at radius 1 is 1.11 bits per heavy atom. The summed E-state index contributed by atoms with van der Waals surface area (Å²) in [5.41, 5.74) is 0.534. The Bertz CT molecular complexity index is 1340. The van der Waals surface area contributed by atoms with Crippen molar-refractivity contribution in [1.82, 2.24) is 4.98 Å². The second kappa shape index (κ2) is 10.4. The number of carbonyl (C=O) groups is 3. The van der Waals surface area contributed by atoms with Gasteiger partial charge in [0.2, 0.25) is 0 Å². The summed E-state index contributed by atoms with van der Waals surface area (Å²) in [6.07, 6.45) is 2.17. The van der Waals surface area contributed by atoms with E-state index in [-0.39, 0.29) is 29.1 Å². The summed E-state index contributed by atoms with van der Waals surface area (Å²) in [5, 5.41) is 11.2. The summed E-state index contributed by atoms with van der Waals surface area (Å²) in [5.74, 6) is -3.53. The zero-order valence-corrected chi connectivity index (χ0v) is 19.6. The standard InChI is InChI=1S/C27H23FN2O6/c1-3-14-36-27(34)16-7-10-18(11-8-16)30-23(20-6-4-5-13-29-20)22(25(32)26(30)33)24(31)19-15-17(28)9-12-21(19)35-2/h4-13,15,23,31H,3,14H2,1-2H3/b24-22+. The Morgan fingerprint density at radius 3 is 2.50 bits per heavy atom. The molecule has 0 spiro atoms. The first kappa shape index (κ1) is 24.6. The molecule has 2 heterocycles. The van der Waals surface area contributed by atoms with Crippen LogP contribution < -0.4 is 9.64 Å². The van der Waals surface area contributed by atoms with Gasteiger partial charge in [0, 0.05) is 11.9 Å². The number of amides is 1. The van der Waals surface area contributed by atoms with Crippen molar-refractivity contribution in [2.24, 2.45) is 0 Å². The zero-order chi connectivity index (χ0) is 25.8. The highest BCUT2D eigenvalue weighted by Crippen LogP contribution is 2.42. The van der Waals surface area contributed by atoms with Gasteiger partial charge in [0.05, 0.1) is 36.1 Å². The Kier molecular flexibility index (Phi) is 7.10. The lowest BCUT2D eigenvalue weighted by molar-refractivity contribution is -0.132. The first-order valence-electron chi connectivity index (χ1n) is 11.2. The van der Waals surface area contributed by atoms with Crippen LogP contribution in [0.3, 0.4) is 0 Å². The van der Waals surface area contributed by atoms with Gasteiger partial charge in [-0.1, -0.05) is 13.0 Å². The van der Waals surface area contributed by atoms with E-state index in [0.717, 1.165) is 12.1 Å². The minimum atomic E-state index is -1.11. The number of esters is 1. The summed E-state index contributed by atoms with van der Waals surface area (Å²) in [4.78, 5) is 44.1. The number of aliphatic hydroxyl groups excluding tert-OH is 1. The van der Waals surface area contributed by atoms with Gasteiger partial charge < -0.3 is 14.6 Å². The van der Waals surface area contributed by atoms with E-state index in [9.17, 15) is 23.9 Å². The number of pyridine rings is 1. The number of anilines is 1. The number of ether oxygens (including phenoxy) is 2. The highest BCUT2D eigenvalue weighted by molar-refractivity contribution is 6.51. The molecule has 1 aliphatic heterocycles. The van der Waals surface area contributed by atoms with Crippen molar-refractivity contribution >= 4 is 29.1 Å². The van der Waals surface area contributed by atoms with Gasteiger partial charge in [-0.3, -0.25) is 19.5 Å². The molecule has 0 saturated carbocycles. The number of ketones is 1. The number of Topliss-reactive ketones (excluding diaryl/α,β-unsaturated/α-hetero) is 1. The van der Waals surface area contributed by atoms with Crippen LogP contribution in [0, 0.1) is 5.82 Å². The number of rotatable bonds is 7. The number of aromatic nitrogens is 1. The van der Waals surface area contributed by atoms with Gasteiger partial charge in [-0.2, -0.15) is 0 Å². The summed E-state index contributed by atoms with van der Waals surface area (Å²) < 4.78 is 24.4. The molecule has 1 amide bonds. The van der Waals surface area contributed by atoms with Crippen molar-refractivity contribution in [2.75, 3.05) is 18.6 Å². The third-order valence-corrected chi connectivity index (χ3v) is 5.65. The van der Waals surface area contributed by atoms with E-state index >= 15 is 0 Å². The zero-order valence-electron chi connectivity index (χ0n) is 19.6. The molecule has 0 bridgehead atoms. The van der Waals surface area contributed by atoms with E-state index < -0.39 is 35.3 Å². The average molecular weight is 490 g/mol. The fourth-order valence-corrected chi connectivity index (χ4v) is 3.96. The van der Waals surface area contributed by atoms with Crippen LogP contribution in [-0.4, -0.2) is 41.5 Å². The third-order valence-electron chi connectivity index (χ3n) is 5.65. The molecule has 3 aromatic rings. The minimum Gasteiger partial charge on any atom is -0.507 e. The lowest BCUT2D eigenvalue weighted by atomic mass is 9.97. The van der Waals surface area contributed by atoms with Crippen LogP contribution >= 0.6 is 0 Å². The summed E-state index contributed by atoms with van der Waals surface area (Å²) in [6, 6.07) is 13.3. The van der Waals surface area contributed by atoms with Gasteiger partial charge in [0.1, 0.15) is 23.4 Å². The summed E-state index contributed by atoms with van der Waals surface area (Å²) >= 11 is 0. The second-order valence-electron chi connectivity index (χ2n) is 7.95. The molecular formula is C27H23FN2O6. The number of hydrogen-bond acceptors (Lipinski definition) is 7. The molecule has 9 heteroatoms. The van der Waals surface area contributed by atoms with Crippen molar-refractivity contribution < 1.29 is 33.4 Å². The second-order valence-corrected chi connectivity index (χ2v) is 7.95. The van der Waals surface area contributed by atoms with Crippen molar-refractivity contribution in [1.29, 1.82) is 0 Å². The molecule has 1 N–H and O–H groups in total. The van der Waals surface area contributed by atoms with Gasteiger partial charge in [0.15, 0.2) is 0 Å². The van der Waals surface area contributed by atoms with Crippen molar-refractivity contribution in [3.8, 4) is 5.75 Å². The Morgan fingerprint density at radius 2 is 1.86 bits per heavy atom. The SMILES string of the molecule is CCCOC(=O)c1ccc(N2C(=O)C(=O)/C(=C(/O)c3cc(F)ccc3OC)C2c2ccccn2)cc1. The number of aliphatic hydroxyl groups is 1. The molecule has 4 rings (SSSR count). The fraction of sp³-hybridized carbons (Fsp3) is 0.185. The molecule has 1 fully saturated rings. The molecule has 2 aromatic carbocycles. The first-order valence-corrected chi connectivity index (χ1v) is 11.2. The third kappa shape index (κ3) is 4.55. The molecule has 1 unspecified atom stereocenters. The lowest BCUT2D eigenvalue weighted by Gasteiger charge is -2.24. The number of halogens is 1. The van der Waals surface area contributed by atoms with Crippen LogP contribution in [0.2, 0.25) is 0 Å². The van der Waals surface area contributed by atoms with Gasteiger partial charge in [-0.15, -0.1) is 0 Å². The van der Waals surface area contributed by atoms with Crippen LogP contribution in [0.25, 0.3) is 5.76 Å². The Hall–Kier alpha value is -4.53. The Balaban J connectivity index is 1.85. The van der Waals surface area contributed by atoms with Crippen LogP contribution in [0.4, 0.5) is 10.1 Å². The highest BCUT2D eigenvalue weighted by atomic mass is 19.1. The molecule has 36 heavy (non-hydrogen) atoms. The molecule has 8 nitrogen and oxygen atoms in total. The Labute approximate surface area is 206 Å². The monoisotopic (exact) mass is 490 g/mol. The normalized spacial score (nSPS) is 16.8. The fourth-order valence-electron chi connectivity index (χ4n) is 3.96. The van der Waals surface area contributed by atoms with Crippen LogP contribution in [0.15, 0.2) is 72.4 Å². The average Bonchev–Trinajstić information content (AvgIpc) is 3.17. The minimum absolute atomic E-state index is 0.0783. The van der Waals surface area contributed by atoms with Gasteiger partial charge in [0.25, 0.3) is 11.7 Å². The van der Waals surface area contributed by atoms with Gasteiger partial charge in [-0.25, -0.2) is 9.18 Å².